The third-order valence-corrected chi connectivity index (χ3v) is 9.75. The number of aliphatic hydroxyl groups is 1. The number of sulfone groups is 1. The molecule has 2 heterocycles. The predicted molar refractivity (Wildman–Crippen MR) is 137 cm³/mol. The fourth-order valence-electron chi connectivity index (χ4n) is 5.35. The maximum atomic E-state index is 13.0. The Kier molecular flexibility index (Phi) is 7.07. The second kappa shape index (κ2) is 10.2. The van der Waals surface area contributed by atoms with Crippen molar-refractivity contribution in [1.29, 1.82) is 0 Å². The maximum absolute atomic E-state index is 13.0. The molecule has 35 heavy (non-hydrogen) atoms. The molecule has 3 aromatic rings. The zero-order valence-electron chi connectivity index (χ0n) is 20.4. The highest BCUT2D eigenvalue weighted by molar-refractivity contribution is 7.92. The van der Waals surface area contributed by atoms with Gasteiger partial charge in [0.15, 0.2) is 15.5 Å². The van der Waals surface area contributed by atoms with Gasteiger partial charge < -0.3 is 10.4 Å². The van der Waals surface area contributed by atoms with Gasteiger partial charge in [0.05, 0.1) is 27.7 Å². The molecule has 5 rings (SSSR count). The molecule has 0 bridgehead atoms. The minimum Gasteiger partial charge on any atom is -0.393 e. The van der Waals surface area contributed by atoms with Crippen LogP contribution < -0.4 is 5.32 Å². The summed E-state index contributed by atoms with van der Waals surface area (Å²) < 4.78 is 28.0. The van der Waals surface area contributed by atoms with Crippen LogP contribution in [0.3, 0.4) is 0 Å². The smallest absolute Gasteiger partial charge is 0.224 e. The lowest BCUT2D eigenvalue weighted by Crippen LogP contribution is -2.22. The highest BCUT2D eigenvalue weighted by Gasteiger charge is 2.30. The number of hydrogen-bond donors (Lipinski definition) is 2. The lowest BCUT2D eigenvalue weighted by molar-refractivity contribution is 0.109. The molecular weight excluding hydrogens is 462 g/mol. The molecule has 0 spiro atoms. The predicted octanol–water partition coefficient (Wildman–Crippen LogP) is 4.90. The molecular formula is C26H35N5O3S. The number of anilines is 1. The van der Waals surface area contributed by atoms with Crippen LogP contribution in [0.1, 0.15) is 77.2 Å². The number of nitrogens with one attached hydrogen (secondary N) is 1. The highest BCUT2D eigenvalue weighted by atomic mass is 32.2. The normalized spacial score (nSPS) is 21.5. The van der Waals surface area contributed by atoms with Crippen LogP contribution in [0.15, 0.2) is 35.4 Å². The van der Waals surface area contributed by atoms with Crippen molar-refractivity contribution in [2.24, 2.45) is 0 Å². The molecule has 0 aliphatic heterocycles. The van der Waals surface area contributed by atoms with Gasteiger partial charge in [-0.15, -0.1) is 0 Å². The molecule has 188 valence electrons. The van der Waals surface area contributed by atoms with Crippen LogP contribution in [0, 0.1) is 0 Å². The molecule has 2 aromatic heterocycles. The van der Waals surface area contributed by atoms with Gasteiger partial charge in [-0.05, 0) is 57.1 Å². The van der Waals surface area contributed by atoms with Crippen LogP contribution in [0.25, 0.3) is 22.3 Å². The fourth-order valence-corrected chi connectivity index (χ4v) is 7.20. The van der Waals surface area contributed by atoms with Crippen molar-refractivity contribution >= 4 is 26.8 Å². The monoisotopic (exact) mass is 497 g/mol. The van der Waals surface area contributed by atoms with Crippen LogP contribution in [-0.2, 0) is 9.84 Å². The maximum Gasteiger partial charge on any atom is 0.224 e. The summed E-state index contributed by atoms with van der Waals surface area (Å²) in [4.78, 5) is 9.74. The average molecular weight is 498 g/mol. The summed E-state index contributed by atoms with van der Waals surface area (Å²) in [5.41, 5.74) is 2.39. The number of aliphatic hydroxyl groups excluding tert-OH is 1. The van der Waals surface area contributed by atoms with Gasteiger partial charge in [0, 0.05) is 18.3 Å². The van der Waals surface area contributed by atoms with E-state index in [1.165, 1.54) is 0 Å². The molecule has 0 saturated heterocycles. The van der Waals surface area contributed by atoms with E-state index >= 15 is 0 Å². The SMILES string of the molecule is CCCCNc1ncc2c(-c3ccc(S(=O)(=O)C4CCCC4)cc3)nn(C3CCC(O)CC3)c2n1. The quantitative estimate of drug-likeness (QED) is 0.426. The summed E-state index contributed by atoms with van der Waals surface area (Å²) >= 11 is 0. The highest BCUT2D eigenvalue weighted by Crippen LogP contribution is 2.35. The zero-order chi connectivity index (χ0) is 24.4. The lowest BCUT2D eigenvalue weighted by Gasteiger charge is -2.25. The number of benzene rings is 1. The second-order valence-electron chi connectivity index (χ2n) is 9.94. The molecule has 0 unspecified atom stereocenters. The minimum atomic E-state index is -3.30. The van der Waals surface area contributed by atoms with Crippen molar-refractivity contribution in [3.63, 3.8) is 0 Å². The van der Waals surface area contributed by atoms with Gasteiger partial charge in [-0.3, -0.25) is 0 Å². The molecule has 2 fully saturated rings. The molecule has 2 N–H and O–H groups in total. The third-order valence-electron chi connectivity index (χ3n) is 7.47. The molecule has 0 radical (unpaired) electrons. The van der Waals surface area contributed by atoms with Crippen LogP contribution in [0.4, 0.5) is 5.95 Å². The number of hydrogen-bond acceptors (Lipinski definition) is 7. The first-order valence-electron chi connectivity index (χ1n) is 13.0. The summed E-state index contributed by atoms with van der Waals surface area (Å²) in [5.74, 6) is 0.590. The van der Waals surface area contributed by atoms with E-state index in [1.54, 1.807) is 12.1 Å². The molecule has 0 amide bonds. The Morgan fingerprint density at radius 1 is 1.06 bits per heavy atom. The average Bonchev–Trinajstić information content (AvgIpc) is 3.54. The van der Waals surface area contributed by atoms with Crippen LogP contribution in [0.5, 0.6) is 0 Å². The van der Waals surface area contributed by atoms with Crippen molar-refractivity contribution < 1.29 is 13.5 Å². The van der Waals surface area contributed by atoms with Crippen LogP contribution >= 0.6 is 0 Å². The molecule has 2 aliphatic rings. The molecule has 8 nitrogen and oxygen atoms in total. The van der Waals surface area contributed by atoms with E-state index in [2.05, 4.69) is 17.2 Å². The Labute approximate surface area is 207 Å². The van der Waals surface area contributed by atoms with E-state index in [0.29, 0.717) is 10.8 Å². The second-order valence-corrected chi connectivity index (χ2v) is 12.2. The van der Waals surface area contributed by atoms with Gasteiger partial charge >= 0.3 is 0 Å². The van der Waals surface area contributed by atoms with E-state index in [0.717, 1.165) is 93.0 Å². The van der Waals surface area contributed by atoms with Gasteiger partial charge in [-0.25, -0.2) is 18.1 Å². The lowest BCUT2D eigenvalue weighted by atomic mass is 9.93. The summed E-state index contributed by atoms with van der Waals surface area (Å²) in [5, 5.41) is 18.9. The summed E-state index contributed by atoms with van der Waals surface area (Å²) in [7, 11) is -3.30. The number of rotatable bonds is 8. The largest absolute Gasteiger partial charge is 0.393 e. The van der Waals surface area contributed by atoms with E-state index < -0.39 is 9.84 Å². The fraction of sp³-hybridized carbons (Fsp3) is 0.577. The van der Waals surface area contributed by atoms with Crippen molar-refractivity contribution in [2.45, 2.75) is 93.4 Å². The topological polar surface area (TPSA) is 110 Å². The van der Waals surface area contributed by atoms with E-state index in [-0.39, 0.29) is 17.4 Å². The Morgan fingerprint density at radius 3 is 2.46 bits per heavy atom. The first-order valence-corrected chi connectivity index (χ1v) is 14.5. The Morgan fingerprint density at radius 2 is 1.77 bits per heavy atom. The Hall–Kier alpha value is -2.52. The first kappa shape index (κ1) is 24.2. The third kappa shape index (κ3) is 4.93. The summed E-state index contributed by atoms with van der Waals surface area (Å²) in [6.07, 6.45) is 10.4. The van der Waals surface area contributed by atoms with Crippen LogP contribution in [0.2, 0.25) is 0 Å². The van der Waals surface area contributed by atoms with E-state index in [9.17, 15) is 13.5 Å². The van der Waals surface area contributed by atoms with Crippen molar-refractivity contribution in [3.05, 3.63) is 30.5 Å². The van der Waals surface area contributed by atoms with Gasteiger partial charge in [-0.1, -0.05) is 38.3 Å². The standard InChI is InChI=1S/C26H35N5O3S/c1-2-3-16-27-26-28-17-23-24(30-31(25(23)29-26)19-10-12-20(32)13-11-19)18-8-14-22(15-9-18)35(33,34)21-6-4-5-7-21/h8-9,14-15,17,19-21,32H,2-7,10-13,16H2,1H3,(H,27,28,29). The van der Waals surface area contributed by atoms with Crippen LogP contribution in [-0.4, -0.2) is 51.2 Å². The van der Waals surface area contributed by atoms with Gasteiger partial charge in [0.25, 0.3) is 0 Å². The van der Waals surface area contributed by atoms with E-state index in [1.807, 2.05) is 23.0 Å². The zero-order valence-corrected chi connectivity index (χ0v) is 21.2. The molecule has 9 heteroatoms. The Bertz CT molecular complexity index is 1260. The number of aromatic nitrogens is 4. The van der Waals surface area contributed by atoms with Gasteiger partial charge in [0.2, 0.25) is 5.95 Å². The minimum absolute atomic E-state index is 0.162. The van der Waals surface area contributed by atoms with E-state index in [4.69, 9.17) is 10.1 Å². The number of nitrogens with zero attached hydrogens (tertiary/aromatic N) is 4. The van der Waals surface area contributed by atoms with Gasteiger partial charge in [0.1, 0.15) is 5.69 Å². The van der Waals surface area contributed by atoms with Crippen molar-refractivity contribution in [1.82, 2.24) is 19.7 Å². The number of unbranched alkanes of at least 4 members (excludes halogenated alkanes) is 1. The molecule has 2 aliphatic carbocycles. The molecule has 0 atom stereocenters. The van der Waals surface area contributed by atoms with Gasteiger partial charge in [-0.2, -0.15) is 10.1 Å². The Balaban J connectivity index is 1.50. The summed E-state index contributed by atoms with van der Waals surface area (Å²) in [6.45, 7) is 2.96. The van der Waals surface area contributed by atoms with Crippen molar-refractivity contribution in [3.8, 4) is 11.3 Å². The number of fused-ring (bicyclic) bond motifs is 1. The first-order chi connectivity index (χ1) is 17.0. The summed E-state index contributed by atoms with van der Waals surface area (Å²) in [6, 6.07) is 7.30. The molecule has 2 saturated carbocycles. The molecule has 1 aromatic carbocycles. The van der Waals surface area contributed by atoms with Crippen molar-refractivity contribution in [2.75, 3.05) is 11.9 Å².